The van der Waals surface area contributed by atoms with Crippen LogP contribution in [0.2, 0.25) is 5.02 Å². The van der Waals surface area contributed by atoms with E-state index >= 15 is 0 Å². The van der Waals surface area contributed by atoms with Gasteiger partial charge in [-0.25, -0.2) is 14.5 Å². The number of aryl methyl sites for hydroxylation is 1. The van der Waals surface area contributed by atoms with Gasteiger partial charge < -0.3 is 4.90 Å². The second-order valence-electron chi connectivity index (χ2n) is 9.55. The van der Waals surface area contributed by atoms with Gasteiger partial charge in [0.15, 0.2) is 0 Å². The molecule has 8 nitrogen and oxygen atoms in total. The Labute approximate surface area is 229 Å². The highest BCUT2D eigenvalue weighted by molar-refractivity contribution is 6.30. The molecule has 0 amide bonds. The van der Waals surface area contributed by atoms with E-state index in [4.69, 9.17) is 16.7 Å². The summed E-state index contributed by atoms with van der Waals surface area (Å²) >= 11 is 6.20. The van der Waals surface area contributed by atoms with Gasteiger partial charge in [-0.15, -0.1) is 0 Å². The molecule has 0 saturated heterocycles. The molecule has 9 heteroatoms. The van der Waals surface area contributed by atoms with Crippen LogP contribution in [-0.4, -0.2) is 25.3 Å². The third kappa shape index (κ3) is 4.19. The zero-order valence-corrected chi connectivity index (χ0v) is 22.4. The average molecular weight is 537 g/mol. The van der Waals surface area contributed by atoms with E-state index in [0.717, 1.165) is 38.3 Å². The fraction of sp³-hybridized carbons (Fsp3) is 0.133. The highest BCUT2D eigenvalue weighted by atomic mass is 35.5. The molecule has 3 aromatic carbocycles. The van der Waals surface area contributed by atoms with Gasteiger partial charge >= 0.3 is 5.69 Å². The summed E-state index contributed by atoms with van der Waals surface area (Å²) in [5.41, 5.74) is 4.77. The summed E-state index contributed by atoms with van der Waals surface area (Å²) in [5.74, 6) is 0.320. The number of halogens is 1. The van der Waals surface area contributed by atoms with Gasteiger partial charge in [-0.1, -0.05) is 59.6 Å². The molecule has 194 valence electrons. The Bertz CT molecular complexity index is 1830. The van der Waals surface area contributed by atoms with E-state index in [0.29, 0.717) is 16.4 Å². The summed E-state index contributed by atoms with van der Waals surface area (Å²) in [5, 5.41) is 5.61. The summed E-state index contributed by atoms with van der Waals surface area (Å²) in [7, 11) is 3.11. The predicted octanol–water partition coefficient (Wildman–Crippen LogP) is 5.17. The van der Waals surface area contributed by atoms with E-state index in [-0.39, 0.29) is 0 Å². The summed E-state index contributed by atoms with van der Waals surface area (Å²) in [6.45, 7) is 2.04. The number of aliphatic imine (C=N–C) groups is 1. The normalized spacial score (nSPS) is 14.5. The number of benzene rings is 3. The Morgan fingerprint density at radius 1 is 0.821 bits per heavy atom. The van der Waals surface area contributed by atoms with Gasteiger partial charge in [-0.2, -0.15) is 5.10 Å². The average Bonchev–Trinajstić information content (AvgIpc) is 3.40. The Kier molecular flexibility index (Phi) is 6.04. The van der Waals surface area contributed by atoms with Crippen molar-refractivity contribution in [2.45, 2.75) is 13.0 Å². The van der Waals surface area contributed by atoms with Crippen molar-refractivity contribution in [3.63, 3.8) is 0 Å². The molecule has 0 fully saturated rings. The number of hydrogen-bond donors (Lipinski definition) is 0. The van der Waals surface area contributed by atoms with Gasteiger partial charge in [-0.3, -0.25) is 13.9 Å². The fourth-order valence-electron chi connectivity index (χ4n) is 4.95. The van der Waals surface area contributed by atoms with Crippen molar-refractivity contribution >= 4 is 29.4 Å². The van der Waals surface area contributed by atoms with Crippen molar-refractivity contribution in [2.24, 2.45) is 19.1 Å². The molecule has 1 unspecified atom stereocenters. The molecule has 1 aliphatic rings. The van der Waals surface area contributed by atoms with Gasteiger partial charge in [0.2, 0.25) is 0 Å². The third-order valence-corrected chi connectivity index (χ3v) is 7.28. The number of anilines is 1. The van der Waals surface area contributed by atoms with Crippen LogP contribution in [0, 0.1) is 6.92 Å². The molecule has 5 aromatic rings. The summed E-state index contributed by atoms with van der Waals surface area (Å²) in [6.07, 6.45) is 3.61. The number of nitrogens with zero attached hydrogens (tertiary/aromatic N) is 6. The molecular formula is C30H25ClN6O2. The maximum absolute atomic E-state index is 13.8. The molecule has 3 heterocycles. The molecule has 39 heavy (non-hydrogen) atoms. The Balaban J connectivity index is 1.68. The molecule has 1 aliphatic heterocycles. The minimum atomic E-state index is -0.627. The van der Waals surface area contributed by atoms with Gasteiger partial charge in [0, 0.05) is 42.1 Å². The van der Waals surface area contributed by atoms with Gasteiger partial charge in [-0.05, 0) is 43.3 Å². The van der Waals surface area contributed by atoms with E-state index in [1.807, 2.05) is 89.4 Å². The number of hydrogen-bond acceptors (Lipinski definition) is 5. The first-order valence-electron chi connectivity index (χ1n) is 12.4. The van der Waals surface area contributed by atoms with Crippen molar-refractivity contribution < 1.29 is 0 Å². The Morgan fingerprint density at radius 2 is 1.51 bits per heavy atom. The van der Waals surface area contributed by atoms with Crippen LogP contribution in [0.4, 0.5) is 11.5 Å². The largest absolute Gasteiger partial charge is 0.332 e. The Hall–Kier alpha value is -4.69. The number of rotatable bonds is 4. The predicted molar refractivity (Wildman–Crippen MR) is 155 cm³/mol. The fourth-order valence-corrected chi connectivity index (χ4v) is 5.07. The first kappa shape index (κ1) is 24.6. The lowest BCUT2D eigenvalue weighted by molar-refractivity contribution is 0.651. The lowest BCUT2D eigenvalue weighted by Gasteiger charge is -2.34. The second kappa shape index (κ2) is 9.56. The first-order chi connectivity index (χ1) is 18.8. The molecule has 1 atom stereocenters. The quantitative estimate of drug-likeness (QED) is 0.317. The van der Waals surface area contributed by atoms with Crippen molar-refractivity contribution in [3.05, 3.63) is 128 Å². The van der Waals surface area contributed by atoms with Crippen molar-refractivity contribution in [1.82, 2.24) is 18.9 Å². The number of para-hydroxylation sites is 1. The van der Waals surface area contributed by atoms with Crippen LogP contribution in [0.5, 0.6) is 0 Å². The van der Waals surface area contributed by atoms with E-state index in [9.17, 15) is 9.59 Å². The van der Waals surface area contributed by atoms with Crippen molar-refractivity contribution in [1.29, 1.82) is 0 Å². The lowest BCUT2D eigenvalue weighted by atomic mass is 9.94. The van der Waals surface area contributed by atoms with Crippen LogP contribution in [0.15, 0.2) is 99.6 Å². The minimum Gasteiger partial charge on any atom is -0.320 e. The van der Waals surface area contributed by atoms with E-state index in [1.165, 1.54) is 11.6 Å². The molecule has 6 rings (SSSR count). The van der Waals surface area contributed by atoms with E-state index in [1.54, 1.807) is 25.5 Å². The van der Waals surface area contributed by atoms with Crippen LogP contribution >= 0.6 is 11.6 Å². The molecule has 0 N–H and O–H groups in total. The van der Waals surface area contributed by atoms with Crippen LogP contribution in [0.1, 0.15) is 22.7 Å². The zero-order valence-electron chi connectivity index (χ0n) is 21.6. The van der Waals surface area contributed by atoms with E-state index < -0.39 is 17.3 Å². The molecule has 0 saturated carbocycles. The van der Waals surface area contributed by atoms with Crippen LogP contribution in [-0.2, 0) is 14.1 Å². The smallest absolute Gasteiger partial charge is 0.320 e. The maximum Gasteiger partial charge on any atom is 0.332 e. The van der Waals surface area contributed by atoms with Crippen LogP contribution in [0.25, 0.3) is 16.9 Å². The third-order valence-electron chi connectivity index (χ3n) is 7.03. The summed E-state index contributed by atoms with van der Waals surface area (Å²) in [6, 6.07) is 24.7. The second-order valence-corrected chi connectivity index (χ2v) is 9.99. The Morgan fingerprint density at radius 3 is 2.21 bits per heavy atom. The molecule has 0 radical (unpaired) electrons. The van der Waals surface area contributed by atoms with Crippen molar-refractivity contribution in [3.8, 4) is 16.9 Å². The highest BCUT2D eigenvalue weighted by Gasteiger charge is 2.36. The van der Waals surface area contributed by atoms with Crippen molar-refractivity contribution in [2.75, 3.05) is 4.90 Å². The standard InChI is InChI=1S/C30H25ClN6O2/c1-19-9-11-20(12-10-19)26-24(17-37(33-26)23-7-5-4-6-8-23)27-25-28(34(2)30(39)35(3)29(25)38)32-18-36(27)22-15-13-21(31)14-16-22/h4-18,27H,1-3H3. The van der Waals surface area contributed by atoms with E-state index in [2.05, 4.69) is 4.99 Å². The molecule has 2 aromatic heterocycles. The molecule has 0 aliphatic carbocycles. The topological polar surface area (TPSA) is 77.4 Å². The zero-order chi connectivity index (χ0) is 27.3. The van der Waals surface area contributed by atoms with Gasteiger partial charge in [0.1, 0.15) is 5.82 Å². The number of fused-ring (bicyclic) bond motifs is 1. The van der Waals surface area contributed by atoms with Crippen LogP contribution < -0.4 is 16.1 Å². The number of aromatic nitrogens is 4. The molecule has 0 spiro atoms. The first-order valence-corrected chi connectivity index (χ1v) is 12.8. The lowest BCUT2D eigenvalue weighted by Crippen LogP contribution is -2.44. The SMILES string of the molecule is Cc1ccc(-c2nn(-c3ccccc3)cc2C2c3c(n(C)c(=O)n(C)c3=O)N=CN2c2ccc(Cl)cc2)cc1. The highest BCUT2D eigenvalue weighted by Crippen LogP contribution is 2.41. The maximum atomic E-state index is 13.8. The summed E-state index contributed by atoms with van der Waals surface area (Å²) in [4.78, 5) is 33.1. The molecule has 0 bridgehead atoms. The molecular weight excluding hydrogens is 512 g/mol. The monoisotopic (exact) mass is 536 g/mol. The van der Waals surface area contributed by atoms with Crippen LogP contribution in [0.3, 0.4) is 0 Å². The summed E-state index contributed by atoms with van der Waals surface area (Å²) < 4.78 is 4.36. The van der Waals surface area contributed by atoms with Gasteiger partial charge in [0.05, 0.1) is 29.3 Å². The van der Waals surface area contributed by atoms with Gasteiger partial charge in [0.25, 0.3) is 5.56 Å². The minimum absolute atomic E-state index is 0.320.